The van der Waals surface area contributed by atoms with E-state index in [1.54, 1.807) is 0 Å². The number of carbonyl (C=O) groups is 1. The predicted molar refractivity (Wildman–Crippen MR) is 48.9 cm³/mol. The molecule has 1 N–H and O–H groups in total. The summed E-state index contributed by atoms with van der Waals surface area (Å²) < 4.78 is 0. The molecule has 0 aromatic heterocycles. The van der Waals surface area contributed by atoms with Crippen LogP contribution < -0.4 is 5.32 Å². The lowest BCUT2D eigenvalue weighted by molar-refractivity contribution is -0.131. The van der Waals surface area contributed by atoms with Gasteiger partial charge in [0.1, 0.15) is 0 Å². The number of nitrogens with one attached hydrogen (secondary N) is 1. The molecule has 1 amide bonds. The van der Waals surface area contributed by atoms with Crippen LogP contribution in [0.2, 0.25) is 0 Å². The third-order valence-corrected chi connectivity index (χ3v) is 2.25. The summed E-state index contributed by atoms with van der Waals surface area (Å²) in [5.41, 5.74) is 0. The first-order valence-electron chi connectivity index (χ1n) is 4.91. The van der Waals surface area contributed by atoms with Crippen molar-refractivity contribution in [2.75, 3.05) is 32.8 Å². The second kappa shape index (κ2) is 5.94. The molecule has 4 heteroatoms. The molecular weight excluding hydrogens is 168 g/mol. The molecular formula is C9H17N2O2. The zero-order chi connectivity index (χ0) is 9.52. The molecule has 0 unspecified atom stereocenters. The van der Waals surface area contributed by atoms with E-state index in [2.05, 4.69) is 5.32 Å². The van der Waals surface area contributed by atoms with Gasteiger partial charge in [-0.3, -0.25) is 4.79 Å². The Kier molecular flexibility index (Phi) is 4.78. The Morgan fingerprint density at radius 2 is 1.92 bits per heavy atom. The molecule has 0 aromatic rings. The molecule has 75 valence electrons. The Hall–Kier alpha value is -0.610. The van der Waals surface area contributed by atoms with E-state index in [1.165, 1.54) is 0 Å². The number of nitrogens with zero attached hydrogens (tertiary/aromatic N) is 1. The van der Waals surface area contributed by atoms with Gasteiger partial charge in [-0.25, -0.2) is 5.11 Å². The van der Waals surface area contributed by atoms with Crippen LogP contribution in [0.25, 0.3) is 0 Å². The van der Waals surface area contributed by atoms with Gasteiger partial charge >= 0.3 is 0 Å². The Morgan fingerprint density at radius 3 is 2.54 bits per heavy atom. The van der Waals surface area contributed by atoms with Crippen LogP contribution in [0.4, 0.5) is 0 Å². The third kappa shape index (κ3) is 3.74. The molecule has 1 rings (SSSR count). The number of hydrogen-bond donors (Lipinski definition) is 1. The van der Waals surface area contributed by atoms with E-state index in [1.807, 2.05) is 4.90 Å². The molecule has 13 heavy (non-hydrogen) atoms. The molecule has 1 radical (unpaired) electrons. The number of unbranched alkanes of at least 4 members (excludes halogenated alkanes) is 1. The van der Waals surface area contributed by atoms with E-state index in [0.29, 0.717) is 12.8 Å². The fraction of sp³-hybridized carbons (Fsp3) is 0.889. The van der Waals surface area contributed by atoms with Crippen molar-refractivity contribution in [1.29, 1.82) is 0 Å². The van der Waals surface area contributed by atoms with Gasteiger partial charge in [-0.2, -0.15) is 0 Å². The maximum absolute atomic E-state index is 11.5. The van der Waals surface area contributed by atoms with E-state index in [9.17, 15) is 9.90 Å². The average molecular weight is 185 g/mol. The van der Waals surface area contributed by atoms with Crippen molar-refractivity contribution in [2.45, 2.75) is 19.3 Å². The quantitative estimate of drug-likeness (QED) is 0.628. The molecule has 0 atom stereocenters. The van der Waals surface area contributed by atoms with E-state index >= 15 is 0 Å². The Balaban J connectivity index is 2.13. The van der Waals surface area contributed by atoms with Gasteiger partial charge in [-0.05, 0) is 12.8 Å². The van der Waals surface area contributed by atoms with E-state index in [-0.39, 0.29) is 12.5 Å². The van der Waals surface area contributed by atoms with Crippen LogP contribution in [0.5, 0.6) is 0 Å². The monoisotopic (exact) mass is 185 g/mol. The minimum absolute atomic E-state index is 0.0607. The maximum atomic E-state index is 11.5. The van der Waals surface area contributed by atoms with Crippen molar-refractivity contribution in [1.82, 2.24) is 10.2 Å². The van der Waals surface area contributed by atoms with Crippen molar-refractivity contribution in [3.63, 3.8) is 0 Å². The van der Waals surface area contributed by atoms with Gasteiger partial charge < -0.3 is 10.2 Å². The number of carbonyl (C=O) groups excluding carboxylic acids is 1. The summed E-state index contributed by atoms with van der Waals surface area (Å²) in [5.74, 6) is 0.204. The third-order valence-electron chi connectivity index (χ3n) is 2.25. The van der Waals surface area contributed by atoms with Gasteiger partial charge in [0, 0.05) is 32.6 Å². The van der Waals surface area contributed by atoms with Crippen LogP contribution >= 0.6 is 0 Å². The summed E-state index contributed by atoms with van der Waals surface area (Å²) in [4.78, 5) is 13.3. The Labute approximate surface area is 78.9 Å². The summed E-state index contributed by atoms with van der Waals surface area (Å²) in [5, 5.41) is 13.3. The second-order valence-electron chi connectivity index (χ2n) is 3.29. The van der Waals surface area contributed by atoms with Crippen LogP contribution in [0.1, 0.15) is 19.3 Å². The lowest BCUT2D eigenvalue weighted by atomic mass is 10.2. The molecule has 1 saturated heterocycles. The zero-order valence-electron chi connectivity index (χ0n) is 7.92. The van der Waals surface area contributed by atoms with Crippen molar-refractivity contribution in [2.24, 2.45) is 0 Å². The minimum atomic E-state index is -0.0607. The van der Waals surface area contributed by atoms with Gasteiger partial charge in [-0.1, -0.05) is 0 Å². The van der Waals surface area contributed by atoms with Crippen molar-refractivity contribution < 1.29 is 9.90 Å². The van der Waals surface area contributed by atoms with Crippen molar-refractivity contribution in [3.05, 3.63) is 0 Å². The smallest absolute Gasteiger partial charge is 0.222 e. The van der Waals surface area contributed by atoms with Gasteiger partial charge in [-0.15, -0.1) is 0 Å². The molecule has 1 fully saturated rings. The first-order valence-corrected chi connectivity index (χ1v) is 4.91. The lowest BCUT2D eigenvalue weighted by Crippen LogP contribution is -2.46. The van der Waals surface area contributed by atoms with Crippen LogP contribution in [0, 0.1) is 0 Å². The molecule has 0 bridgehead atoms. The average Bonchev–Trinajstić information content (AvgIpc) is 2.19. The highest BCUT2D eigenvalue weighted by Crippen LogP contribution is 2.01. The minimum Gasteiger partial charge on any atom is -0.340 e. The van der Waals surface area contributed by atoms with Gasteiger partial charge in [0.15, 0.2) is 0 Å². The largest absolute Gasteiger partial charge is 0.340 e. The summed E-state index contributed by atoms with van der Waals surface area (Å²) in [6, 6.07) is 0. The van der Waals surface area contributed by atoms with Gasteiger partial charge in [0.2, 0.25) is 5.91 Å². The maximum Gasteiger partial charge on any atom is 0.222 e. The second-order valence-corrected chi connectivity index (χ2v) is 3.29. The van der Waals surface area contributed by atoms with Crippen LogP contribution in [-0.4, -0.2) is 43.6 Å². The number of piperazine rings is 1. The molecule has 0 spiro atoms. The first-order chi connectivity index (χ1) is 6.34. The van der Waals surface area contributed by atoms with Crippen molar-refractivity contribution in [3.8, 4) is 0 Å². The highest BCUT2D eigenvalue weighted by Gasteiger charge is 2.14. The summed E-state index contributed by atoms with van der Waals surface area (Å²) in [6.45, 7) is 3.36. The van der Waals surface area contributed by atoms with Gasteiger partial charge in [0.05, 0.1) is 6.61 Å². The highest BCUT2D eigenvalue weighted by atomic mass is 16.3. The number of amides is 1. The van der Waals surface area contributed by atoms with E-state index in [0.717, 1.165) is 32.6 Å². The summed E-state index contributed by atoms with van der Waals surface area (Å²) in [7, 11) is 0. The van der Waals surface area contributed by atoms with Crippen molar-refractivity contribution >= 4 is 5.91 Å². The van der Waals surface area contributed by atoms with Crippen LogP contribution in [0.15, 0.2) is 0 Å². The zero-order valence-corrected chi connectivity index (χ0v) is 7.92. The lowest BCUT2D eigenvalue weighted by Gasteiger charge is -2.27. The molecule has 1 aliphatic heterocycles. The molecule has 4 nitrogen and oxygen atoms in total. The first kappa shape index (κ1) is 10.5. The Bertz CT molecular complexity index is 156. The summed E-state index contributed by atoms with van der Waals surface area (Å²) in [6.07, 6.45) is 1.91. The molecule has 1 aliphatic rings. The van der Waals surface area contributed by atoms with Crippen LogP contribution in [0.3, 0.4) is 0 Å². The van der Waals surface area contributed by atoms with E-state index < -0.39 is 0 Å². The predicted octanol–water partition coefficient (Wildman–Crippen LogP) is 0.0190. The molecule has 0 aromatic carbocycles. The van der Waals surface area contributed by atoms with Crippen LogP contribution in [-0.2, 0) is 9.90 Å². The number of rotatable bonds is 4. The standard InChI is InChI=1S/C9H17N2O2/c12-8-2-1-3-9(13)11-6-4-10-5-7-11/h10H,1-8H2. The fourth-order valence-corrected chi connectivity index (χ4v) is 1.45. The van der Waals surface area contributed by atoms with E-state index in [4.69, 9.17) is 0 Å². The topological polar surface area (TPSA) is 52.2 Å². The normalized spacial score (nSPS) is 17.5. The molecule has 0 aliphatic carbocycles. The number of hydrogen-bond acceptors (Lipinski definition) is 2. The highest BCUT2D eigenvalue weighted by molar-refractivity contribution is 5.76. The molecule has 1 heterocycles. The molecule has 0 saturated carbocycles. The Morgan fingerprint density at radius 1 is 1.23 bits per heavy atom. The van der Waals surface area contributed by atoms with Gasteiger partial charge in [0.25, 0.3) is 0 Å². The fourth-order valence-electron chi connectivity index (χ4n) is 1.45. The summed E-state index contributed by atoms with van der Waals surface area (Å²) >= 11 is 0. The SMILES string of the molecule is [O]CCCCC(=O)N1CCNCC1.